The Morgan fingerprint density at radius 3 is 2.53 bits per heavy atom. The van der Waals surface area contributed by atoms with E-state index in [1.807, 2.05) is 0 Å². The molecule has 102 valence electrons. The second kappa shape index (κ2) is 6.40. The summed E-state index contributed by atoms with van der Waals surface area (Å²) in [5.41, 5.74) is 0.324. The van der Waals surface area contributed by atoms with Gasteiger partial charge in [0.15, 0.2) is 6.61 Å². The molecule has 0 saturated heterocycles. The zero-order valence-corrected chi connectivity index (χ0v) is 11.8. The molecule has 0 radical (unpaired) electrons. The molecule has 0 heterocycles. The van der Waals surface area contributed by atoms with Gasteiger partial charge in [0, 0.05) is 10.6 Å². The van der Waals surface area contributed by atoms with Crippen molar-refractivity contribution < 1.29 is 14.3 Å². The summed E-state index contributed by atoms with van der Waals surface area (Å²) >= 11 is 11.7. The monoisotopic (exact) mass is 300 g/mol. The van der Waals surface area contributed by atoms with Crippen LogP contribution in [0.1, 0.15) is 36.0 Å². The van der Waals surface area contributed by atoms with Crippen LogP contribution in [0.2, 0.25) is 10.0 Å². The summed E-state index contributed by atoms with van der Waals surface area (Å²) in [5.74, 6) is -0.641. The fourth-order valence-electron chi connectivity index (χ4n) is 2.21. The van der Waals surface area contributed by atoms with Crippen LogP contribution in [0.5, 0.6) is 0 Å². The number of hydrogen-bond donors (Lipinski definition) is 0. The van der Waals surface area contributed by atoms with Gasteiger partial charge in [0.25, 0.3) is 0 Å². The predicted molar refractivity (Wildman–Crippen MR) is 73.7 cm³/mol. The first-order valence-corrected chi connectivity index (χ1v) is 6.98. The van der Waals surface area contributed by atoms with Gasteiger partial charge in [0.2, 0.25) is 5.78 Å². The Morgan fingerprint density at radius 1 is 1.21 bits per heavy atom. The average Bonchev–Trinajstić information content (AvgIpc) is 2.89. The molecule has 19 heavy (non-hydrogen) atoms. The van der Waals surface area contributed by atoms with Crippen molar-refractivity contribution in [1.82, 2.24) is 0 Å². The molecule has 1 saturated carbocycles. The third-order valence-electron chi connectivity index (χ3n) is 3.27. The Balaban J connectivity index is 1.92. The van der Waals surface area contributed by atoms with E-state index in [1.165, 1.54) is 12.1 Å². The number of ketones is 1. The van der Waals surface area contributed by atoms with Crippen molar-refractivity contribution in [3.8, 4) is 0 Å². The minimum atomic E-state index is -0.312. The molecule has 1 aromatic carbocycles. The quantitative estimate of drug-likeness (QED) is 0.625. The average molecular weight is 301 g/mol. The van der Waals surface area contributed by atoms with Crippen LogP contribution in [0.3, 0.4) is 0 Å². The van der Waals surface area contributed by atoms with E-state index < -0.39 is 0 Å². The number of ether oxygens (including phenoxy) is 1. The first-order chi connectivity index (χ1) is 9.08. The molecule has 2 rings (SSSR count). The summed E-state index contributed by atoms with van der Waals surface area (Å²) in [6, 6.07) is 4.62. The van der Waals surface area contributed by atoms with Gasteiger partial charge in [-0.15, -0.1) is 0 Å². The van der Waals surface area contributed by atoms with Crippen molar-refractivity contribution in [1.29, 1.82) is 0 Å². The second-order valence-corrected chi connectivity index (χ2v) is 5.48. The van der Waals surface area contributed by atoms with Gasteiger partial charge in [-0.05, 0) is 31.0 Å². The van der Waals surface area contributed by atoms with Crippen molar-refractivity contribution in [3.05, 3.63) is 33.8 Å². The molecule has 0 unspecified atom stereocenters. The van der Waals surface area contributed by atoms with E-state index in [2.05, 4.69) is 0 Å². The van der Waals surface area contributed by atoms with Crippen LogP contribution in [-0.4, -0.2) is 18.4 Å². The molecule has 0 aromatic heterocycles. The summed E-state index contributed by atoms with van der Waals surface area (Å²) in [7, 11) is 0. The minimum absolute atomic E-state index is 0.0477. The van der Waals surface area contributed by atoms with Crippen molar-refractivity contribution in [3.63, 3.8) is 0 Å². The van der Waals surface area contributed by atoms with E-state index in [0.29, 0.717) is 10.6 Å². The van der Waals surface area contributed by atoms with Gasteiger partial charge >= 0.3 is 5.97 Å². The molecule has 1 aliphatic rings. The lowest BCUT2D eigenvalue weighted by molar-refractivity contribution is -0.147. The number of halogens is 2. The molecule has 1 fully saturated rings. The van der Waals surface area contributed by atoms with Crippen LogP contribution < -0.4 is 0 Å². The maximum absolute atomic E-state index is 11.9. The summed E-state index contributed by atoms with van der Waals surface area (Å²) < 4.78 is 5.05. The summed E-state index contributed by atoms with van der Waals surface area (Å²) in [6.07, 6.45) is 3.82. The van der Waals surface area contributed by atoms with Gasteiger partial charge in [-0.2, -0.15) is 0 Å². The number of esters is 1. The Hall–Kier alpha value is -1.06. The van der Waals surface area contributed by atoms with Crippen molar-refractivity contribution in [2.75, 3.05) is 6.61 Å². The van der Waals surface area contributed by atoms with Gasteiger partial charge in [-0.25, -0.2) is 0 Å². The Kier molecular flexibility index (Phi) is 4.83. The number of Topliss-reactive ketones (excluding diaryl/α,β-unsaturated/α-hetero) is 1. The van der Waals surface area contributed by atoms with Crippen LogP contribution in [-0.2, 0) is 9.53 Å². The third-order valence-corrected chi connectivity index (χ3v) is 3.81. The van der Waals surface area contributed by atoms with Gasteiger partial charge in [-0.1, -0.05) is 36.0 Å². The van der Waals surface area contributed by atoms with Crippen LogP contribution >= 0.6 is 23.2 Å². The van der Waals surface area contributed by atoms with Gasteiger partial charge in [0.1, 0.15) is 0 Å². The zero-order valence-electron chi connectivity index (χ0n) is 10.3. The van der Waals surface area contributed by atoms with Crippen LogP contribution in [0.4, 0.5) is 0 Å². The highest BCUT2D eigenvalue weighted by atomic mass is 35.5. The minimum Gasteiger partial charge on any atom is -0.457 e. The summed E-state index contributed by atoms with van der Waals surface area (Å²) in [5, 5.41) is 0.735. The molecule has 0 N–H and O–H groups in total. The van der Waals surface area contributed by atoms with Crippen molar-refractivity contribution in [2.45, 2.75) is 25.7 Å². The van der Waals surface area contributed by atoms with Gasteiger partial charge in [-0.3, -0.25) is 9.59 Å². The fourth-order valence-corrected chi connectivity index (χ4v) is 2.72. The maximum Gasteiger partial charge on any atom is 0.309 e. The summed E-state index contributed by atoms with van der Waals surface area (Å²) in [4.78, 5) is 23.6. The first kappa shape index (κ1) is 14.4. The SMILES string of the molecule is O=C(COC(=O)C1CCCC1)c1ccc(Cl)cc1Cl. The Labute approximate surface area is 121 Å². The highest BCUT2D eigenvalue weighted by Gasteiger charge is 2.25. The van der Waals surface area contributed by atoms with Crippen LogP contribution in [0, 0.1) is 5.92 Å². The molecule has 1 aliphatic carbocycles. The highest BCUT2D eigenvalue weighted by Crippen LogP contribution is 2.26. The third kappa shape index (κ3) is 3.71. The Bertz CT molecular complexity index is 493. The molecule has 0 bridgehead atoms. The molecular weight excluding hydrogens is 287 g/mol. The van der Waals surface area contributed by atoms with E-state index in [-0.39, 0.29) is 29.3 Å². The molecule has 3 nitrogen and oxygen atoms in total. The maximum atomic E-state index is 11.9. The standard InChI is InChI=1S/C14H14Cl2O3/c15-10-5-6-11(12(16)7-10)13(17)8-19-14(18)9-3-1-2-4-9/h5-7,9H,1-4,8H2. The van der Waals surface area contributed by atoms with E-state index in [1.54, 1.807) is 6.07 Å². The fraction of sp³-hybridized carbons (Fsp3) is 0.429. The first-order valence-electron chi connectivity index (χ1n) is 6.23. The van der Waals surface area contributed by atoms with Gasteiger partial charge < -0.3 is 4.74 Å². The number of carbonyl (C=O) groups is 2. The van der Waals surface area contributed by atoms with E-state index in [4.69, 9.17) is 27.9 Å². The Morgan fingerprint density at radius 2 is 1.89 bits per heavy atom. The summed E-state index contributed by atoms with van der Waals surface area (Å²) in [6.45, 7) is -0.267. The van der Waals surface area contributed by atoms with Crippen molar-refractivity contribution in [2.24, 2.45) is 5.92 Å². The van der Waals surface area contributed by atoms with E-state index in [9.17, 15) is 9.59 Å². The number of hydrogen-bond acceptors (Lipinski definition) is 3. The second-order valence-electron chi connectivity index (χ2n) is 4.64. The molecule has 0 amide bonds. The van der Waals surface area contributed by atoms with E-state index >= 15 is 0 Å². The molecule has 0 atom stereocenters. The molecule has 0 aliphatic heterocycles. The zero-order chi connectivity index (χ0) is 13.8. The molecular formula is C14H14Cl2O3. The molecule has 5 heteroatoms. The molecule has 1 aromatic rings. The lowest BCUT2D eigenvalue weighted by Crippen LogP contribution is -2.19. The molecule has 0 spiro atoms. The number of benzene rings is 1. The number of carbonyl (C=O) groups excluding carboxylic acids is 2. The highest BCUT2D eigenvalue weighted by molar-refractivity contribution is 6.36. The largest absolute Gasteiger partial charge is 0.457 e. The van der Waals surface area contributed by atoms with Crippen LogP contribution in [0.25, 0.3) is 0 Å². The van der Waals surface area contributed by atoms with Crippen molar-refractivity contribution >= 4 is 35.0 Å². The van der Waals surface area contributed by atoms with Gasteiger partial charge in [0.05, 0.1) is 10.9 Å². The lowest BCUT2D eigenvalue weighted by atomic mass is 10.1. The van der Waals surface area contributed by atoms with Crippen LogP contribution in [0.15, 0.2) is 18.2 Å². The number of rotatable bonds is 4. The normalized spacial score (nSPS) is 15.5. The topological polar surface area (TPSA) is 43.4 Å². The smallest absolute Gasteiger partial charge is 0.309 e. The van der Waals surface area contributed by atoms with E-state index in [0.717, 1.165) is 25.7 Å². The lowest BCUT2D eigenvalue weighted by Gasteiger charge is -2.09. The predicted octanol–water partition coefficient (Wildman–Crippen LogP) is 3.91.